The Bertz CT molecular complexity index is 555. The van der Waals surface area contributed by atoms with Gasteiger partial charge in [-0.3, -0.25) is 0 Å². The molecule has 1 heteroatoms. The smallest absolute Gasteiger partial charge is 0.0919 e. The molecule has 2 aromatic rings. The first-order valence-electron chi connectivity index (χ1n) is 6.81. The molecule has 0 heterocycles. The van der Waals surface area contributed by atoms with Gasteiger partial charge in [0, 0.05) is 5.54 Å². The van der Waals surface area contributed by atoms with Crippen molar-refractivity contribution in [3.63, 3.8) is 0 Å². The van der Waals surface area contributed by atoms with Gasteiger partial charge in [-0.25, -0.2) is 0 Å². The number of hydrogen-bond donors (Lipinski definition) is 0. The minimum absolute atomic E-state index is 0.455. The summed E-state index contributed by atoms with van der Waals surface area (Å²) in [5.41, 5.74) is 3.25. The van der Waals surface area contributed by atoms with Gasteiger partial charge in [0.05, 0.1) is 8.07 Å². The molecule has 98 valence electrons. The van der Waals surface area contributed by atoms with E-state index in [0.717, 1.165) is 0 Å². The van der Waals surface area contributed by atoms with Crippen molar-refractivity contribution in [1.82, 2.24) is 0 Å². The Morgan fingerprint density at radius 3 is 2.11 bits per heavy atom. The van der Waals surface area contributed by atoms with Crippen LogP contribution >= 0.6 is 0 Å². The van der Waals surface area contributed by atoms with Crippen molar-refractivity contribution >= 4 is 13.3 Å². The largest absolute Gasteiger partial charge is 0.103 e. The maximum atomic E-state index is 4.11. The van der Waals surface area contributed by atoms with E-state index < -0.39 is 8.07 Å². The SMILES string of the molecule is C=C[C@@H](c1ccccc1C)[Si](C)(C)c1ccccc1. The first-order chi connectivity index (χ1) is 9.07. The predicted molar refractivity (Wildman–Crippen MR) is 87.7 cm³/mol. The summed E-state index contributed by atoms with van der Waals surface area (Å²) in [5.74, 6) is 0. The Labute approximate surface area is 117 Å². The third kappa shape index (κ3) is 2.71. The first kappa shape index (κ1) is 13.8. The number of aryl methyl sites for hydroxylation is 1. The molecule has 0 spiro atoms. The number of allylic oxidation sites excluding steroid dienone is 1. The average molecular weight is 266 g/mol. The van der Waals surface area contributed by atoms with Crippen molar-refractivity contribution in [3.8, 4) is 0 Å². The van der Waals surface area contributed by atoms with E-state index >= 15 is 0 Å². The Balaban J connectivity index is 2.48. The van der Waals surface area contributed by atoms with Crippen LogP contribution < -0.4 is 5.19 Å². The maximum absolute atomic E-state index is 4.11. The van der Waals surface area contributed by atoms with Crippen LogP contribution in [0, 0.1) is 6.92 Å². The normalized spacial score (nSPS) is 13.0. The Kier molecular flexibility index (Phi) is 4.06. The average Bonchev–Trinajstić information content (AvgIpc) is 2.42. The highest BCUT2D eigenvalue weighted by molar-refractivity contribution is 6.91. The Hall–Kier alpha value is -1.60. The zero-order valence-corrected chi connectivity index (χ0v) is 13.1. The molecule has 19 heavy (non-hydrogen) atoms. The molecule has 0 aliphatic carbocycles. The minimum atomic E-state index is -1.60. The van der Waals surface area contributed by atoms with E-state index in [1.165, 1.54) is 16.3 Å². The topological polar surface area (TPSA) is 0 Å². The molecule has 0 aliphatic rings. The third-order valence-corrected chi connectivity index (χ3v) is 7.98. The summed E-state index contributed by atoms with van der Waals surface area (Å²) in [6.45, 7) is 11.2. The number of rotatable bonds is 4. The minimum Gasteiger partial charge on any atom is -0.103 e. The van der Waals surface area contributed by atoms with Crippen molar-refractivity contribution in [3.05, 3.63) is 78.4 Å². The molecule has 0 bridgehead atoms. The number of hydrogen-bond acceptors (Lipinski definition) is 0. The van der Waals surface area contributed by atoms with Gasteiger partial charge in [-0.05, 0) is 18.1 Å². The van der Waals surface area contributed by atoms with E-state index in [0.29, 0.717) is 5.54 Å². The fourth-order valence-electron chi connectivity index (χ4n) is 2.79. The molecule has 1 atom stereocenters. The predicted octanol–water partition coefficient (Wildman–Crippen LogP) is 4.42. The third-order valence-electron chi connectivity index (χ3n) is 4.05. The molecule has 2 aromatic carbocycles. The summed E-state index contributed by atoms with van der Waals surface area (Å²) >= 11 is 0. The highest BCUT2D eigenvalue weighted by Gasteiger charge is 2.33. The fourth-order valence-corrected chi connectivity index (χ4v) is 5.89. The van der Waals surface area contributed by atoms with Crippen molar-refractivity contribution in [2.75, 3.05) is 0 Å². The molecule has 0 radical (unpaired) electrons. The fraction of sp³-hybridized carbons (Fsp3) is 0.222. The van der Waals surface area contributed by atoms with Gasteiger partial charge in [-0.15, -0.1) is 6.58 Å². The van der Waals surface area contributed by atoms with Gasteiger partial charge in [0.15, 0.2) is 0 Å². The van der Waals surface area contributed by atoms with Crippen LogP contribution in [-0.2, 0) is 0 Å². The second-order valence-electron chi connectivity index (χ2n) is 5.66. The first-order valence-corrected chi connectivity index (χ1v) is 9.88. The highest BCUT2D eigenvalue weighted by atomic mass is 28.3. The Morgan fingerprint density at radius 1 is 0.947 bits per heavy atom. The van der Waals surface area contributed by atoms with Crippen molar-refractivity contribution in [1.29, 1.82) is 0 Å². The summed E-state index contributed by atoms with van der Waals surface area (Å²) in [6, 6.07) is 19.6. The second-order valence-corrected chi connectivity index (χ2v) is 10.3. The zero-order chi connectivity index (χ0) is 13.9. The van der Waals surface area contributed by atoms with Crippen LogP contribution in [-0.4, -0.2) is 8.07 Å². The molecule has 0 aromatic heterocycles. The number of benzene rings is 2. The van der Waals surface area contributed by atoms with Gasteiger partial charge in [0.2, 0.25) is 0 Å². The molecule has 0 unspecified atom stereocenters. The lowest BCUT2D eigenvalue weighted by Gasteiger charge is -2.32. The molecule has 2 rings (SSSR count). The van der Waals surface area contributed by atoms with Gasteiger partial charge in [-0.2, -0.15) is 0 Å². The summed E-state index contributed by atoms with van der Waals surface area (Å²) < 4.78 is 0. The van der Waals surface area contributed by atoms with Crippen LogP contribution in [0.2, 0.25) is 13.1 Å². The van der Waals surface area contributed by atoms with Gasteiger partial charge in [0.25, 0.3) is 0 Å². The van der Waals surface area contributed by atoms with Crippen LogP contribution in [0.4, 0.5) is 0 Å². The van der Waals surface area contributed by atoms with Gasteiger partial charge in [0.1, 0.15) is 0 Å². The molecule has 0 fully saturated rings. The van der Waals surface area contributed by atoms with Gasteiger partial charge < -0.3 is 0 Å². The molecule has 0 N–H and O–H groups in total. The van der Waals surface area contributed by atoms with Crippen LogP contribution in [0.1, 0.15) is 16.7 Å². The zero-order valence-electron chi connectivity index (χ0n) is 12.1. The van der Waals surface area contributed by atoms with E-state index in [2.05, 4.69) is 87.3 Å². The van der Waals surface area contributed by atoms with Crippen molar-refractivity contribution < 1.29 is 0 Å². The molecule has 0 saturated carbocycles. The van der Waals surface area contributed by atoms with Crippen LogP contribution in [0.5, 0.6) is 0 Å². The summed E-state index contributed by atoms with van der Waals surface area (Å²) in [7, 11) is -1.60. The molecule has 0 nitrogen and oxygen atoms in total. The highest BCUT2D eigenvalue weighted by Crippen LogP contribution is 2.30. The van der Waals surface area contributed by atoms with E-state index in [9.17, 15) is 0 Å². The molecule has 0 saturated heterocycles. The molecule has 0 amide bonds. The van der Waals surface area contributed by atoms with Crippen molar-refractivity contribution in [2.45, 2.75) is 25.6 Å². The van der Waals surface area contributed by atoms with Crippen LogP contribution in [0.15, 0.2) is 67.3 Å². The van der Waals surface area contributed by atoms with Gasteiger partial charge >= 0.3 is 0 Å². The van der Waals surface area contributed by atoms with E-state index in [-0.39, 0.29) is 0 Å². The van der Waals surface area contributed by atoms with E-state index in [1.54, 1.807) is 0 Å². The lowest BCUT2D eigenvalue weighted by Crippen LogP contribution is -2.47. The standard InChI is InChI=1S/C18H22Si/c1-5-18(17-14-10-9-11-15(17)2)19(3,4)16-12-7-6-8-13-16/h5-14,18H,1H2,2-4H3/t18-/m0/s1. The quantitative estimate of drug-likeness (QED) is 0.567. The van der Waals surface area contributed by atoms with Gasteiger partial charge in [-0.1, -0.05) is 79.0 Å². The van der Waals surface area contributed by atoms with Crippen molar-refractivity contribution in [2.24, 2.45) is 0 Å². The lowest BCUT2D eigenvalue weighted by molar-refractivity contribution is 1.12. The second kappa shape index (κ2) is 5.58. The summed E-state index contributed by atoms with van der Waals surface area (Å²) in [6.07, 6.45) is 2.14. The van der Waals surface area contributed by atoms with E-state index in [4.69, 9.17) is 0 Å². The molecule has 0 aliphatic heterocycles. The lowest BCUT2D eigenvalue weighted by atomic mass is 10.1. The van der Waals surface area contributed by atoms with Crippen LogP contribution in [0.25, 0.3) is 0 Å². The van der Waals surface area contributed by atoms with Crippen LogP contribution in [0.3, 0.4) is 0 Å². The monoisotopic (exact) mass is 266 g/mol. The summed E-state index contributed by atoms with van der Waals surface area (Å²) in [5, 5.41) is 1.49. The molecular weight excluding hydrogens is 244 g/mol. The Morgan fingerprint density at radius 2 is 1.53 bits per heavy atom. The summed E-state index contributed by atoms with van der Waals surface area (Å²) in [4.78, 5) is 0. The molecular formula is C18H22Si. The van der Waals surface area contributed by atoms with E-state index in [1.807, 2.05) is 0 Å². The maximum Gasteiger partial charge on any atom is 0.0919 e.